The topological polar surface area (TPSA) is 78.1 Å². The highest BCUT2D eigenvalue weighted by Gasteiger charge is 2.09. The van der Waals surface area contributed by atoms with Crippen LogP contribution in [0, 0.1) is 22.7 Å². The first kappa shape index (κ1) is 15.9. The third kappa shape index (κ3) is 3.61. The number of ether oxygens (including phenoxy) is 2. The molecule has 0 saturated heterocycles. The summed E-state index contributed by atoms with van der Waals surface area (Å²) in [5.74, 6) is 1.28. The lowest BCUT2D eigenvalue weighted by atomic mass is 10.0. The van der Waals surface area contributed by atoms with E-state index in [0.717, 1.165) is 16.8 Å². The lowest BCUT2D eigenvalue weighted by Gasteiger charge is -2.12. The van der Waals surface area contributed by atoms with Gasteiger partial charge in [-0.2, -0.15) is 10.5 Å². The minimum absolute atomic E-state index is 0.00659. The van der Waals surface area contributed by atoms with Gasteiger partial charge in [-0.05, 0) is 23.8 Å². The van der Waals surface area contributed by atoms with Crippen LogP contribution in [0.1, 0.15) is 0 Å². The molecule has 0 unspecified atom stereocenters. The highest BCUT2D eigenvalue weighted by Crippen LogP contribution is 2.35. The average Bonchev–Trinajstić information content (AvgIpc) is 2.62. The Hall–Kier alpha value is -3.44. The Kier molecular flexibility index (Phi) is 5.22. The second-order valence-corrected chi connectivity index (χ2v) is 4.54. The summed E-state index contributed by atoms with van der Waals surface area (Å²) in [5.41, 5.74) is 2.63. The number of benzene rings is 2. The average molecular weight is 305 g/mol. The molecule has 0 amide bonds. The van der Waals surface area contributed by atoms with E-state index in [0.29, 0.717) is 11.5 Å². The first-order chi connectivity index (χ1) is 11.2. The smallest absolute Gasteiger partial charge is 0.161 e. The molecule has 0 radical (unpaired) electrons. The molecule has 0 fully saturated rings. The molecule has 0 saturated carbocycles. The van der Waals surface area contributed by atoms with E-state index in [1.807, 2.05) is 54.6 Å². The molecule has 0 aliphatic rings. The van der Waals surface area contributed by atoms with E-state index >= 15 is 0 Å². The first-order valence-corrected chi connectivity index (χ1v) is 6.81. The van der Waals surface area contributed by atoms with Gasteiger partial charge in [0.25, 0.3) is 0 Å². The van der Waals surface area contributed by atoms with Crippen molar-refractivity contribution < 1.29 is 9.47 Å². The maximum absolute atomic E-state index is 8.81. The van der Waals surface area contributed by atoms with Crippen molar-refractivity contribution in [2.45, 2.75) is 0 Å². The normalized spacial score (nSPS) is 9.22. The fraction of sp³-hybridized carbons (Fsp3) is 0.111. The molecule has 2 rings (SSSR count). The van der Waals surface area contributed by atoms with E-state index in [9.17, 15) is 0 Å². The molecule has 2 aromatic carbocycles. The summed E-state index contributed by atoms with van der Waals surface area (Å²) < 4.78 is 10.6. The summed E-state index contributed by atoms with van der Waals surface area (Å²) >= 11 is 0. The van der Waals surface area contributed by atoms with Gasteiger partial charge in [0.2, 0.25) is 0 Å². The molecule has 0 heterocycles. The van der Waals surface area contributed by atoms with Crippen LogP contribution < -0.4 is 14.8 Å². The van der Waals surface area contributed by atoms with E-state index < -0.39 is 0 Å². The number of nitriles is 2. The Balaban J connectivity index is 2.44. The largest absolute Gasteiger partial charge is 0.493 e. The first-order valence-electron chi connectivity index (χ1n) is 6.81. The number of anilines is 1. The summed E-state index contributed by atoms with van der Waals surface area (Å²) in [6, 6.07) is 16.8. The van der Waals surface area contributed by atoms with Crippen LogP contribution in [0.25, 0.3) is 11.1 Å². The highest BCUT2D eigenvalue weighted by atomic mass is 16.5. The molecule has 0 aliphatic heterocycles. The maximum atomic E-state index is 8.81. The van der Waals surface area contributed by atoms with Gasteiger partial charge in [-0.15, -0.1) is 0 Å². The Morgan fingerprint density at radius 2 is 1.70 bits per heavy atom. The molecular weight excluding hydrogens is 290 g/mol. The third-order valence-electron chi connectivity index (χ3n) is 3.23. The SMILES string of the molecule is COc1ccc(-c2ccccc2NC=C(C#N)C#N)cc1OC. The minimum atomic E-state index is 0.00659. The van der Waals surface area contributed by atoms with E-state index in [4.69, 9.17) is 20.0 Å². The number of allylic oxidation sites excluding steroid dienone is 1. The van der Waals surface area contributed by atoms with Gasteiger partial charge in [-0.1, -0.05) is 24.3 Å². The number of methoxy groups -OCH3 is 2. The molecule has 0 aliphatic carbocycles. The number of hydrogen-bond donors (Lipinski definition) is 1. The van der Waals surface area contributed by atoms with E-state index in [1.54, 1.807) is 14.2 Å². The number of nitrogens with zero attached hydrogens (tertiary/aromatic N) is 2. The van der Waals surface area contributed by atoms with Crippen LogP contribution in [0.15, 0.2) is 54.2 Å². The Labute approximate surface area is 135 Å². The van der Waals surface area contributed by atoms with Crippen molar-refractivity contribution in [2.75, 3.05) is 19.5 Å². The fourth-order valence-electron chi connectivity index (χ4n) is 2.10. The predicted octanol–water partition coefficient (Wildman–Crippen LogP) is 3.71. The van der Waals surface area contributed by atoms with Gasteiger partial charge >= 0.3 is 0 Å². The molecule has 5 heteroatoms. The molecule has 23 heavy (non-hydrogen) atoms. The van der Waals surface area contributed by atoms with Crippen LogP contribution in [-0.2, 0) is 0 Å². The zero-order valence-electron chi connectivity index (χ0n) is 12.8. The fourth-order valence-corrected chi connectivity index (χ4v) is 2.10. The van der Waals surface area contributed by atoms with Crippen LogP contribution in [0.3, 0.4) is 0 Å². The highest BCUT2D eigenvalue weighted by molar-refractivity contribution is 5.80. The van der Waals surface area contributed by atoms with E-state index in [2.05, 4.69) is 5.32 Å². The van der Waals surface area contributed by atoms with Crippen molar-refractivity contribution in [1.82, 2.24) is 0 Å². The van der Waals surface area contributed by atoms with Crippen molar-refractivity contribution in [3.63, 3.8) is 0 Å². The van der Waals surface area contributed by atoms with Crippen molar-refractivity contribution in [1.29, 1.82) is 10.5 Å². The molecule has 0 spiro atoms. The number of hydrogen-bond acceptors (Lipinski definition) is 5. The van der Waals surface area contributed by atoms with E-state index in [-0.39, 0.29) is 5.57 Å². The second-order valence-electron chi connectivity index (χ2n) is 4.54. The lowest BCUT2D eigenvalue weighted by Crippen LogP contribution is -1.94. The van der Waals surface area contributed by atoms with Gasteiger partial charge < -0.3 is 14.8 Å². The summed E-state index contributed by atoms with van der Waals surface area (Å²) in [6.45, 7) is 0. The second kappa shape index (κ2) is 7.53. The predicted molar refractivity (Wildman–Crippen MR) is 87.9 cm³/mol. The van der Waals surface area contributed by atoms with Crippen molar-refractivity contribution in [3.8, 4) is 34.8 Å². The lowest BCUT2D eigenvalue weighted by molar-refractivity contribution is 0.355. The van der Waals surface area contributed by atoms with Crippen molar-refractivity contribution in [3.05, 3.63) is 54.2 Å². The van der Waals surface area contributed by atoms with Crippen molar-refractivity contribution in [2.24, 2.45) is 0 Å². The molecule has 0 aromatic heterocycles. The van der Waals surface area contributed by atoms with Gasteiger partial charge in [0.05, 0.1) is 14.2 Å². The summed E-state index contributed by atoms with van der Waals surface area (Å²) in [5, 5.41) is 20.6. The van der Waals surface area contributed by atoms with Crippen LogP contribution in [0.2, 0.25) is 0 Å². The summed E-state index contributed by atoms with van der Waals surface area (Å²) in [7, 11) is 3.17. The maximum Gasteiger partial charge on any atom is 0.161 e. The van der Waals surface area contributed by atoms with Gasteiger partial charge in [-0.3, -0.25) is 0 Å². The molecule has 5 nitrogen and oxygen atoms in total. The zero-order chi connectivity index (χ0) is 16.7. The van der Waals surface area contributed by atoms with Gasteiger partial charge in [0, 0.05) is 17.5 Å². The number of para-hydroxylation sites is 1. The molecule has 114 valence electrons. The standard InChI is InChI=1S/C18H15N3O2/c1-22-17-8-7-14(9-18(17)23-2)15-5-3-4-6-16(15)21-12-13(10-19)11-20/h3-9,12,21H,1-2H3. The van der Waals surface area contributed by atoms with E-state index in [1.165, 1.54) is 6.20 Å². The third-order valence-corrected chi connectivity index (χ3v) is 3.23. The molecule has 1 N–H and O–H groups in total. The Morgan fingerprint density at radius 3 is 2.35 bits per heavy atom. The monoisotopic (exact) mass is 305 g/mol. The molecular formula is C18H15N3O2. The zero-order valence-corrected chi connectivity index (χ0v) is 12.8. The molecule has 0 atom stereocenters. The van der Waals surface area contributed by atoms with Gasteiger partial charge in [-0.25, -0.2) is 0 Å². The summed E-state index contributed by atoms with van der Waals surface area (Å²) in [4.78, 5) is 0. The van der Waals surface area contributed by atoms with Crippen LogP contribution in [0.5, 0.6) is 11.5 Å². The van der Waals surface area contributed by atoms with Crippen LogP contribution in [0.4, 0.5) is 5.69 Å². The minimum Gasteiger partial charge on any atom is -0.493 e. The molecule has 0 bridgehead atoms. The van der Waals surface area contributed by atoms with Crippen LogP contribution in [-0.4, -0.2) is 14.2 Å². The van der Waals surface area contributed by atoms with Crippen molar-refractivity contribution >= 4 is 5.69 Å². The number of rotatable bonds is 5. The quantitative estimate of drug-likeness (QED) is 0.852. The van der Waals surface area contributed by atoms with Gasteiger partial charge in [0.1, 0.15) is 17.7 Å². The van der Waals surface area contributed by atoms with Gasteiger partial charge in [0.15, 0.2) is 11.5 Å². The Morgan fingerprint density at radius 1 is 1.00 bits per heavy atom. The number of nitrogens with one attached hydrogen (secondary N) is 1. The van der Waals surface area contributed by atoms with Crippen LogP contribution >= 0.6 is 0 Å². The Bertz CT molecular complexity index is 798. The summed E-state index contributed by atoms with van der Waals surface area (Å²) in [6.07, 6.45) is 1.39. The molecule has 2 aromatic rings.